The Morgan fingerprint density at radius 1 is 0.741 bits per heavy atom. The molecule has 0 bridgehead atoms. The number of benzene rings is 3. The standard InChI is InChI=1S/C22H20N2O3/c25-21(23-16-15-17-9-3-1-4-10-17)22(26)24-19-13-7-8-14-20(19)27-18-11-5-2-6-12-18/h1-14H,15-16H2,(H,23,25)(H,24,26). The summed E-state index contributed by atoms with van der Waals surface area (Å²) in [5, 5.41) is 5.23. The van der Waals surface area contributed by atoms with Crippen molar-refractivity contribution in [2.45, 2.75) is 6.42 Å². The summed E-state index contributed by atoms with van der Waals surface area (Å²) < 4.78 is 5.78. The van der Waals surface area contributed by atoms with Crippen LogP contribution in [-0.2, 0) is 16.0 Å². The number of rotatable bonds is 6. The second kappa shape index (κ2) is 9.20. The Kier molecular flexibility index (Phi) is 6.20. The van der Waals surface area contributed by atoms with Gasteiger partial charge in [0.05, 0.1) is 5.69 Å². The number of carbonyl (C=O) groups excluding carboxylic acids is 2. The monoisotopic (exact) mass is 360 g/mol. The van der Waals surface area contributed by atoms with E-state index >= 15 is 0 Å². The Morgan fingerprint density at radius 3 is 2.11 bits per heavy atom. The van der Waals surface area contributed by atoms with Crippen LogP contribution in [0.25, 0.3) is 0 Å². The number of carbonyl (C=O) groups is 2. The Labute approximate surface area is 158 Å². The third-order valence-corrected chi connectivity index (χ3v) is 3.85. The predicted molar refractivity (Wildman–Crippen MR) is 105 cm³/mol. The zero-order valence-corrected chi connectivity index (χ0v) is 14.7. The smallest absolute Gasteiger partial charge is 0.313 e. The first-order valence-corrected chi connectivity index (χ1v) is 8.67. The van der Waals surface area contributed by atoms with Gasteiger partial charge in [-0.3, -0.25) is 9.59 Å². The minimum Gasteiger partial charge on any atom is -0.455 e. The number of amides is 2. The maximum absolute atomic E-state index is 12.2. The van der Waals surface area contributed by atoms with Crippen LogP contribution in [0.1, 0.15) is 5.56 Å². The molecule has 0 aliphatic heterocycles. The summed E-state index contributed by atoms with van der Waals surface area (Å²) in [6, 6.07) is 26.0. The minimum absolute atomic E-state index is 0.387. The topological polar surface area (TPSA) is 67.4 Å². The highest BCUT2D eigenvalue weighted by Crippen LogP contribution is 2.28. The number of hydrogen-bond acceptors (Lipinski definition) is 3. The van der Waals surface area contributed by atoms with Gasteiger partial charge in [0.25, 0.3) is 0 Å². The molecule has 136 valence electrons. The summed E-state index contributed by atoms with van der Waals surface area (Å²) in [7, 11) is 0. The van der Waals surface area contributed by atoms with E-state index in [-0.39, 0.29) is 0 Å². The van der Waals surface area contributed by atoms with Gasteiger partial charge in [0.15, 0.2) is 5.75 Å². The number of para-hydroxylation sites is 3. The average Bonchev–Trinajstić information content (AvgIpc) is 2.71. The molecule has 2 amide bonds. The molecule has 5 heteroatoms. The highest BCUT2D eigenvalue weighted by Gasteiger charge is 2.15. The molecule has 0 heterocycles. The van der Waals surface area contributed by atoms with Crippen molar-refractivity contribution in [3.05, 3.63) is 90.5 Å². The molecule has 0 fully saturated rings. The Hall–Kier alpha value is -3.60. The first-order valence-electron chi connectivity index (χ1n) is 8.67. The van der Waals surface area contributed by atoms with Crippen LogP contribution in [0.15, 0.2) is 84.9 Å². The van der Waals surface area contributed by atoms with Gasteiger partial charge in [-0.25, -0.2) is 0 Å². The van der Waals surface area contributed by atoms with Gasteiger partial charge in [-0.2, -0.15) is 0 Å². The van der Waals surface area contributed by atoms with E-state index in [4.69, 9.17) is 4.74 Å². The normalized spacial score (nSPS) is 10.1. The molecule has 0 aliphatic carbocycles. The molecule has 5 nitrogen and oxygen atoms in total. The summed E-state index contributed by atoms with van der Waals surface area (Å²) >= 11 is 0. The molecule has 0 spiro atoms. The van der Waals surface area contributed by atoms with E-state index in [2.05, 4.69) is 10.6 Å². The van der Waals surface area contributed by atoms with E-state index in [0.717, 1.165) is 5.56 Å². The van der Waals surface area contributed by atoms with Crippen molar-refractivity contribution in [3.63, 3.8) is 0 Å². The lowest BCUT2D eigenvalue weighted by atomic mass is 10.1. The number of nitrogens with one attached hydrogen (secondary N) is 2. The lowest BCUT2D eigenvalue weighted by Crippen LogP contribution is -2.36. The number of hydrogen-bond donors (Lipinski definition) is 2. The van der Waals surface area contributed by atoms with Gasteiger partial charge in [-0.15, -0.1) is 0 Å². The van der Waals surface area contributed by atoms with Crippen molar-refractivity contribution in [1.82, 2.24) is 5.32 Å². The van der Waals surface area contributed by atoms with E-state index in [1.165, 1.54) is 0 Å². The largest absolute Gasteiger partial charge is 0.455 e. The summed E-state index contributed by atoms with van der Waals surface area (Å²) in [5.74, 6) is -0.298. The van der Waals surface area contributed by atoms with Gasteiger partial charge < -0.3 is 15.4 Å². The molecule has 0 unspecified atom stereocenters. The first kappa shape index (κ1) is 18.2. The second-order valence-electron chi connectivity index (χ2n) is 5.86. The van der Waals surface area contributed by atoms with Gasteiger partial charge >= 0.3 is 11.8 Å². The van der Waals surface area contributed by atoms with Crippen LogP contribution in [0.2, 0.25) is 0 Å². The van der Waals surface area contributed by atoms with Gasteiger partial charge in [0.2, 0.25) is 0 Å². The average molecular weight is 360 g/mol. The lowest BCUT2D eigenvalue weighted by molar-refractivity contribution is -0.136. The first-order chi connectivity index (χ1) is 13.2. The van der Waals surface area contributed by atoms with Crippen molar-refractivity contribution in [3.8, 4) is 11.5 Å². The minimum atomic E-state index is -0.729. The zero-order valence-electron chi connectivity index (χ0n) is 14.7. The zero-order chi connectivity index (χ0) is 18.9. The molecule has 3 rings (SSSR count). The molecule has 3 aromatic rings. The molecule has 3 aromatic carbocycles. The summed E-state index contributed by atoms with van der Waals surface area (Å²) in [6.07, 6.45) is 0.660. The maximum Gasteiger partial charge on any atom is 0.313 e. The summed E-state index contributed by atoms with van der Waals surface area (Å²) in [5.41, 5.74) is 1.53. The fourth-order valence-corrected chi connectivity index (χ4v) is 2.50. The SMILES string of the molecule is O=C(NCCc1ccccc1)C(=O)Nc1ccccc1Oc1ccccc1. The summed E-state index contributed by atoms with van der Waals surface area (Å²) in [6.45, 7) is 0.387. The molecule has 27 heavy (non-hydrogen) atoms. The molecular formula is C22H20N2O3. The molecule has 2 N–H and O–H groups in total. The number of ether oxygens (including phenoxy) is 1. The molecule has 0 saturated carbocycles. The van der Waals surface area contributed by atoms with Crippen molar-refractivity contribution in [2.24, 2.45) is 0 Å². The predicted octanol–water partition coefficient (Wildman–Crippen LogP) is 3.78. The lowest BCUT2D eigenvalue weighted by Gasteiger charge is -2.12. The third-order valence-electron chi connectivity index (χ3n) is 3.85. The van der Waals surface area contributed by atoms with E-state index in [1.807, 2.05) is 60.7 Å². The van der Waals surface area contributed by atoms with Crippen molar-refractivity contribution in [1.29, 1.82) is 0 Å². The third kappa shape index (κ3) is 5.44. The molecule has 0 radical (unpaired) electrons. The Bertz CT molecular complexity index is 896. The van der Waals surface area contributed by atoms with Crippen LogP contribution in [0.5, 0.6) is 11.5 Å². The molecule has 0 atom stereocenters. The van der Waals surface area contributed by atoms with Crippen molar-refractivity contribution in [2.75, 3.05) is 11.9 Å². The van der Waals surface area contributed by atoms with Gasteiger partial charge in [-0.1, -0.05) is 60.7 Å². The Balaban J connectivity index is 1.56. The Morgan fingerprint density at radius 2 is 1.37 bits per heavy atom. The maximum atomic E-state index is 12.2. The van der Waals surface area contributed by atoms with Crippen LogP contribution >= 0.6 is 0 Å². The second-order valence-corrected chi connectivity index (χ2v) is 5.86. The molecule has 0 aliphatic rings. The molecule has 0 saturated heterocycles. The summed E-state index contributed by atoms with van der Waals surface area (Å²) in [4.78, 5) is 24.2. The van der Waals surface area contributed by atoms with Crippen LogP contribution in [-0.4, -0.2) is 18.4 Å². The number of anilines is 1. The van der Waals surface area contributed by atoms with Crippen LogP contribution in [0.3, 0.4) is 0 Å². The fraction of sp³-hybridized carbons (Fsp3) is 0.0909. The van der Waals surface area contributed by atoms with Crippen LogP contribution in [0.4, 0.5) is 5.69 Å². The van der Waals surface area contributed by atoms with E-state index in [9.17, 15) is 9.59 Å². The molecular weight excluding hydrogens is 340 g/mol. The molecule has 0 aromatic heterocycles. The fourth-order valence-electron chi connectivity index (χ4n) is 2.50. The van der Waals surface area contributed by atoms with Crippen LogP contribution < -0.4 is 15.4 Å². The van der Waals surface area contributed by atoms with Crippen molar-refractivity contribution < 1.29 is 14.3 Å². The van der Waals surface area contributed by atoms with Crippen LogP contribution in [0, 0.1) is 0 Å². The van der Waals surface area contributed by atoms with Gasteiger partial charge in [0.1, 0.15) is 5.75 Å². The van der Waals surface area contributed by atoms with E-state index < -0.39 is 11.8 Å². The van der Waals surface area contributed by atoms with E-state index in [1.54, 1.807) is 24.3 Å². The highest BCUT2D eigenvalue weighted by atomic mass is 16.5. The van der Waals surface area contributed by atoms with Crippen molar-refractivity contribution >= 4 is 17.5 Å². The van der Waals surface area contributed by atoms with Gasteiger partial charge in [0, 0.05) is 6.54 Å². The van der Waals surface area contributed by atoms with E-state index in [0.29, 0.717) is 30.2 Å². The quantitative estimate of drug-likeness (QED) is 0.658. The highest BCUT2D eigenvalue weighted by molar-refractivity contribution is 6.39. The van der Waals surface area contributed by atoms with Gasteiger partial charge in [-0.05, 0) is 36.2 Å².